The molecule has 2 heterocycles. The molecule has 0 radical (unpaired) electrons. The molecule has 2 aromatic heterocycles. The van der Waals surface area contributed by atoms with Gasteiger partial charge < -0.3 is 15.5 Å². The highest BCUT2D eigenvalue weighted by atomic mass is 19.4. The number of rotatable bonds is 5. The van der Waals surface area contributed by atoms with Crippen LogP contribution in [0.1, 0.15) is 18.4 Å². The Morgan fingerprint density at radius 1 is 1.08 bits per heavy atom. The van der Waals surface area contributed by atoms with Crippen molar-refractivity contribution in [2.75, 3.05) is 16.0 Å². The quantitative estimate of drug-likeness (QED) is 0.354. The van der Waals surface area contributed by atoms with Crippen LogP contribution in [0.2, 0.25) is 0 Å². The van der Waals surface area contributed by atoms with Crippen LogP contribution in [-0.2, 0) is 11.0 Å². The number of hydrogen-bond acceptors (Lipinski definition) is 6. The molecule has 1 aliphatic carbocycles. The second-order valence-corrected chi connectivity index (χ2v) is 8.46. The molecule has 3 N–H and O–H groups in total. The SMILES string of the molecule is Nc1ccc(-c2cccc(C(F)(F)F)c2)nc1N(C(=O)Nc1cccc(-c2cnco2)c1)C1CCC1=O. The molecule has 2 amide bonds. The summed E-state index contributed by atoms with van der Waals surface area (Å²) in [5, 5.41) is 2.76. The molecule has 2 aromatic carbocycles. The molecule has 1 atom stereocenters. The molecular weight excluding hydrogens is 487 g/mol. The molecule has 5 rings (SSSR count). The Kier molecular flexibility index (Phi) is 6.12. The van der Waals surface area contributed by atoms with Crippen molar-refractivity contribution in [1.82, 2.24) is 9.97 Å². The van der Waals surface area contributed by atoms with Crippen molar-refractivity contribution in [3.63, 3.8) is 0 Å². The third kappa shape index (κ3) is 4.88. The van der Waals surface area contributed by atoms with Crippen molar-refractivity contribution in [3.05, 3.63) is 78.8 Å². The highest BCUT2D eigenvalue weighted by Gasteiger charge is 2.39. The second-order valence-electron chi connectivity index (χ2n) is 8.46. The average Bonchev–Trinajstić information content (AvgIpc) is 3.42. The van der Waals surface area contributed by atoms with Crippen LogP contribution in [0.15, 0.2) is 77.7 Å². The van der Waals surface area contributed by atoms with E-state index in [1.54, 1.807) is 24.3 Å². The number of halogens is 3. The van der Waals surface area contributed by atoms with Crippen LogP contribution < -0.4 is 16.0 Å². The lowest BCUT2D eigenvalue weighted by Crippen LogP contribution is -2.53. The van der Waals surface area contributed by atoms with Gasteiger partial charge in [-0.1, -0.05) is 24.3 Å². The number of urea groups is 1. The van der Waals surface area contributed by atoms with Crippen molar-refractivity contribution >= 4 is 29.0 Å². The van der Waals surface area contributed by atoms with Crippen LogP contribution in [0.5, 0.6) is 0 Å². The van der Waals surface area contributed by atoms with Crippen LogP contribution in [0.25, 0.3) is 22.6 Å². The summed E-state index contributed by atoms with van der Waals surface area (Å²) in [6.07, 6.45) is -1.01. The molecule has 1 saturated carbocycles. The number of nitrogens with zero attached hydrogens (tertiary/aromatic N) is 3. The van der Waals surface area contributed by atoms with Gasteiger partial charge in [-0.3, -0.25) is 9.69 Å². The summed E-state index contributed by atoms with van der Waals surface area (Å²) in [6, 6.07) is 13.0. The van der Waals surface area contributed by atoms with Gasteiger partial charge in [0.15, 0.2) is 23.8 Å². The van der Waals surface area contributed by atoms with E-state index in [1.807, 2.05) is 0 Å². The van der Waals surface area contributed by atoms with Crippen LogP contribution in [0.4, 0.5) is 35.2 Å². The summed E-state index contributed by atoms with van der Waals surface area (Å²) in [5.41, 5.74) is 6.88. The van der Waals surface area contributed by atoms with Gasteiger partial charge in [-0.15, -0.1) is 0 Å². The van der Waals surface area contributed by atoms with E-state index in [1.165, 1.54) is 41.8 Å². The number of anilines is 3. The maximum absolute atomic E-state index is 13.5. The Bertz CT molecular complexity index is 1470. The van der Waals surface area contributed by atoms with E-state index in [9.17, 15) is 22.8 Å². The molecule has 37 heavy (non-hydrogen) atoms. The van der Waals surface area contributed by atoms with Crippen LogP contribution in [-0.4, -0.2) is 27.8 Å². The zero-order valence-corrected chi connectivity index (χ0v) is 19.2. The zero-order chi connectivity index (χ0) is 26.2. The van der Waals surface area contributed by atoms with Crippen LogP contribution >= 0.6 is 0 Å². The fourth-order valence-corrected chi connectivity index (χ4v) is 4.01. The van der Waals surface area contributed by atoms with Crippen LogP contribution in [0, 0.1) is 0 Å². The fourth-order valence-electron chi connectivity index (χ4n) is 4.01. The number of alkyl halides is 3. The van der Waals surface area contributed by atoms with E-state index in [0.717, 1.165) is 12.1 Å². The summed E-state index contributed by atoms with van der Waals surface area (Å²) in [4.78, 5) is 35.3. The fraction of sp³-hybridized carbons (Fsp3) is 0.154. The number of Topliss-reactive ketones (excluding diaryl/α,β-unsaturated/α-hetero) is 1. The first-order valence-electron chi connectivity index (χ1n) is 11.3. The minimum Gasteiger partial charge on any atom is -0.444 e. The summed E-state index contributed by atoms with van der Waals surface area (Å²) >= 11 is 0. The number of benzene rings is 2. The Labute approximate surface area is 208 Å². The molecule has 1 aliphatic rings. The molecule has 11 heteroatoms. The van der Waals surface area contributed by atoms with Gasteiger partial charge in [0, 0.05) is 23.2 Å². The predicted molar refractivity (Wildman–Crippen MR) is 131 cm³/mol. The normalized spacial score (nSPS) is 15.2. The molecule has 1 unspecified atom stereocenters. The van der Waals surface area contributed by atoms with E-state index >= 15 is 0 Å². The number of carbonyl (C=O) groups is 2. The highest BCUT2D eigenvalue weighted by Crippen LogP contribution is 2.35. The third-order valence-corrected chi connectivity index (χ3v) is 6.02. The minimum atomic E-state index is -4.53. The van der Waals surface area contributed by atoms with E-state index in [2.05, 4.69) is 15.3 Å². The number of carbonyl (C=O) groups excluding carboxylic acids is 2. The molecule has 0 spiro atoms. The van der Waals surface area contributed by atoms with Crippen LogP contribution in [0.3, 0.4) is 0 Å². The molecule has 0 saturated heterocycles. The molecule has 188 valence electrons. The number of aromatic nitrogens is 2. The van der Waals surface area contributed by atoms with Crippen molar-refractivity contribution in [2.24, 2.45) is 0 Å². The molecule has 4 aromatic rings. The van der Waals surface area contributed by atoms with Gasteiger partial charge in [0.05, 0.1) is 29.2 Å². The minimum absolute atomic E-state index is 0.0168. The lowest BCUT2D eigenvalue weighted by atomic mass is 9.89. The lowest BCUT2D eigenvalue weighted by Gasteiger charge is -2.35. The molecule has 0 bridgehead atoms. The standard InChI is InChI=1S/C26H20F3N5O3/c27-26(28,29)17-5-1-3-15(11-17)20-8-7-19(30)24(33-20)34(21-9-10-22(21)35)25(36)32-18-6-2-4-16(12-18)23-13-31-14-37-23/h1-8,11-14,21H,9-10,30H2,(H,32,36). The number of pyridine rings is 1. The molecular formula is C26H20F3N5O3. The first-order chi connectivity index (χ1) is 17.7. The number of nitrogens with two attached hydrogens (primary N) is 1. The third-order valence-electron chi connectivity index (χ3n) is 6.02. The monoisotopic (exact) mass is 507 g/mol. The summed E-state index contributed by atoms with van der Waals surface area (Å²) < 4.78 is 45.0. The number of amides is 2. The first kappa shape index (κ1) is 24.0. The van der Waals surface area contributed by atoms with Gasteiger partial charge in [-0.25, -0.2) is 14.8 Å². The molecule has 1 fully saturated rings. The van der Waals surface area contributed by atoms with Crippen molar-refractivity contribution in [3.8, 4) is 22.6 Å². The topological polar surface area (TPSA) is 114 Å². The Morgan fingerprint density at radius 2 is 1.86 bits per heavy atom. The lowest BCUT2D eigenvalue weighted by molar-refractivity contribution is -0.137. The second kappa shape index (κ2) is 9.41. The van der Waals surface area contributed by atoms with Crippen molar-refractivity contribution in [1.29, 1.82) is 0 Å². The Hall–Kier alpha value is -4.67. The van der Waals surface area contributed by atoms with E-state index in [0.29, 0.717) is 29.9 Å². The van der Waals surface area contributed by atoms with Crippen molar-refractivity contribution < 1.29 is 27.2 Å². The summed E-state index contributed by atoms with van der Waals surface area (Å²) in [7, 11) is 0. The number of nitrogens with one attached hydrogen (secondary N) is 1. The van der Waals surface area contributed by atoms with Gasteiger partial charge in [-0.2, -0.15) is 13.2 Å². The van der Waals surface area contributed by atoms with Gasteiger partial charge in [-0.05, 0) is 42.8 Å². The molecule has 0 aliphatic heterocycles. The Balaban J connectivity index is 1.50. The highest BCUT2D eigenvalue weighted by molar-refractivity contribution is 6.09. The van der Waals surface area contributed by atoms with E-state index in [-0.39, 0.29) is 28.5 Å². The average molecular weight is 507 g/mol. The summed E-state index contributed by atoms with van der Waals surface area (Å²) in [5.74, 6) is 0.315. The smallest absolute Gasteiger partial charge is 0.416 e. The van der Waals surface area contributed by atoms with E-state index < -0.39 is 23.8 Å². The van der Waals surface area contributed by atoms with Gasteiger partial charge in [0.2, 0.25) is 0 Å². The summed E-state index contributed by atoms with van der Waals surface area (Å²) in [6.45, 7) is 0. The number of ketones is 1. The number of nitrogen functional groups attached to an aromatic ring is 1. The van der Waals surface area contributed by atoms with E-state index in [4.69, 9.17) is 10.2 Å². The predicted octanol–water partition coefficient (Wildman–Crippen LogP) is 5.77. The number of hydrogen-bond donors (Lipinski definition) is 2. The zero-order valence-electron chi connectivity index (χ0n) is 19.2. The van der Waals surface area contributed by atoms with Gasteiger partial charge in [0.25, 0.3) is 0 Å². The first-order valence-corrected chi connectivity index (χ1v) is 11.3. The molecule has 8 nitrogen and oxygen atoms in total. The van der Waals surface area contributed by atoms with Crippen molar-refractivity contribution in [2.45, 2.75) is 25.1 Å². The largest absolute Gasteiger partial charge is 0.444 e. The maximum Gasteiger partial charge on any atom is 0.416 e. The van der Waals surface area contributed by atoms with Gasteiger partial charge >= 0.3 is 12.2 Å². The van der Waals surface area contributed by atoms with Gasteiger partial charge in [0.1, 0.15) is 0 Å². The maximum atomic E-state index is 13.5. The number of oxazole rings is 1. The Morgan fingerprint density at radius 3 is 2.54 bits per heavy atom.